The average Bonchev–Trinajstić information content (AvgIpc) is 2.85. The summed E-state index contributed by atoms with van der Waals surface area (Å²) in [5.74, 6) is -2.50. The van der Waals surface area contributed by atoms with Crippen LogP contribution in [0.5, 0.6) is 0 Å². The molecule has 0 amide bonds. The van der Waals surface area contributed by atoms with Gasteiger partial charge in [0.15, 0.2) is 0 Å². The van der Waals surface area contributed by atoms with Crippen molar-refractivity contribution in [3.05, 3.63) is 130 Å². The van der Waals surface area contributed by atoms with Crippen molar-refractivity contribution in [2.45, 2.75) is 11.8 Å². The number of rotatable bonds is 6. The fourth-order valence-electron chi connectivity index (χ4n) is 5.21. The third-order valence-electron chi connectivity index (χ3n) is 6.59. The van der Waals surface area contributed by atoms with Gasteiger partial charge >= 0.3 is 34.1 Å². The lowest BCUT2D eigenvalue weighted by atomic mass is 9.60. The lowest BCUT2D eigenvalue weighted by Gasteiger charge is -2.41. The van der Waals surface area contributed by atoms with E-state index in [2.05, 4.69) is 0 Å². The topological polar surface area (TPSA) is 259 Å². The van der Waals surface area contributed by atoms with Crippen LogP contribution in [0.2, 0.25) is 0 Å². The monoisotopic (exact) mass is 524 g/mol. The van der Waals surface area contributed by atoms with Crippen molar-refractivity contribution in [3.8, 4) is 0 Å². The molecule has 0 saturated carbocycles. The molecule has 0 unspecified atom stereocenters. The molecule has 0 spiro atoms. The number of hydrogen-bond acceptors (Lipinski definition) is 12. The van der Waals surface area contributed by atoms with Crippen LogP contribution in [0.15, 0.2) is 36.4 Å². The van der Waals surface area contributed by atoms with E-state index in [4.69, 9.17) is 0 Å². The molecule has 18 nitrogen and oxygen atoms in total. The van der Waals surface area contributed by atoms with Crippen molar-refractivity contribution in [3.63, 3.8) is 0 Å². The number of nitrogens with zero attached hydrogens (tertiary/aromatic N) is 6. The van der Waals surface area contributed by atoms with Gasteiger partial charge in [-0.15, -0.1) is 0 Å². The van der Waals surface area contributed by atoms with E-state index >= 15 is 0 Å². The molecule has 38 heavy (non-hydrogen) atoms. The summed E-state index contributed by atoms with van der Waals surface area (Å²) in [4.78, 5) is 63.6. The molecule has 0 radical (unpaired) electrons. The third-order valence-corrected chi connectivity index (χ3v) is 6.59. The molecule has 190 valence electrons. The summed E-state index contributed by atoms with van der Waals surface area (Å²) < 4.78 is 0. The van der Waals surface area contributed by atoms with E-state index in [1.165, 1.54) is 0 Å². The Labute approximate surface area is 206 Å². The van der Waals surface area contributed by atoms with Crippen molar-refractivity contribution >= 4 is 34.1 Å². The van der Waals surface area contributed by atoms with E-state index in [0.29, 0.717) is 0 Å². The van der Waals surface area contributed by atoms with E-state index in [1.807, 2.05) is 0 Å². The highest BCUT2D eigenvalue weighted by Gasteiger charge is 2.48. The van der Waals surface area contributed by atoms with Gasteiger partial charge in [0.1, 0.15) is 0 Å². The Morgan fingerprint density at radius 2 is 0.474 bits per heavy atom. The van der Waals surface area contributed by atoms with Crippen molar-refractivity contribution in [1.29, 1.82) is 0 Å². The number of nitro benzene ring substituents is 6. The predicted molar refractivity (Wildman–Crippen MR) is 121 cm³/mol. The molecule has 3 aromatic rings. The number of hydrogen-bond donors (Lipinski definition) is 0. The lowest BCUT2D eigenvalue weighted by Crippen LogP contribution is -2.28. The van der Waals surface area contributed by atoms with Crippen molar-refractivity contribution < 1.29 is 29.5 Å². The molecule has 2 bridgehead atoms. The first-order chi connectivity index (χ1) is 17.8. The molecule has 0 fully saturated rings. The maximum atomic E-state index is 11.6. The first-order valence-corrected chi connectivity index (χ1v) is 10.2. The minimum atomic E-state index is -1.25. The van der Waals surface area contributed by atoms with E-state index < -0.39 is 75.5 Å². The second-order valence-electron chi connectivity index (χ2n) is 8.32. The summed E-state index contributed by atoms with van der Waals surface area (Å²) in [5.41, 5.74) is -5.27. The highest BCUT2D eigenvalue weighted by molar-refractivity contribution is 5.77. The van der Waals surface area contributed by atoms with Crippen LogP contribution in [0.25, 0.3) is 0 Å². The summed E-state index contributed by atoms with van der Waals surface area (Å²) >= 11 is 0. The van der Waals surface area contributed by atoms with Crippen molar-refractivity contribution in [1.82, 2.24) is 0 Å². The second kappa shape index (κ2) is 7.78. The van der Waals surface area contributed by atoms with Crippen LogP contribution in [0, 0.1) is 60.7 Å². The van der Waals surface area contributed by atoms with Crippen LogP contribution in [0.3, 0.4) is 0 Å². The van der Waals surface area contributed by atoms with Gasteiger partial charge in [-0.2, -0.15) is 0 Å². The highest BCUT2D eigenvalue weighted by Crippen LogP contribution is 2.60. The van der Waals surface area contributed by atoms with Crippen LogP contribution < -0.4 is 0 Å². The van der Waals surface area contributed by atoms with Gasteiger partial charge in [0.05, 0.1) is 29.5 Å². The van der Waals surface area contributed by atoms with Crippen molar-refractivity contribution in [2.75, 3.05) is 0 Å². The Balaban J connectivity index is 1.94. The summed E-state index contributed by atoms with van der Waals surface area (Å²) in [6, 6.07) is 5.24. The second-order valence-corrected chi connectivity index (χ2v) is 8.32. The van der Waals surface area contributed by atoms with Gasteiger partial charge in [-0.3, -0.25) is 60.7 Å². The highest BCUT2D eigenvalue weighted by atomic mass is 16.7. The first-order valence-electron chi connectivity index (χ1n) is 10.2. The zero-order valence-corrected chi connectivity index (χ0v) is 18.2. The quantitative estimate of drug-likeness (QED) is 0.224. The lowest BCUT2D eigenvalue weighted by molar-refractivity contribution is -0.422. The van der Waals surface area contributed by atoms with Gasteiger partial charge in [-0.1, -0.05) is 0 Å². The smallest absolute Gasteiger partial charge is 0.258 e. The third kappa shape index (κ3) is 3.13. The Morgan fingerprint density at radius 3 is 0.579 bits per heavy atom. The zero-order chi connectivity index (χ0) is 27.8. The first kappa shape index (κ1) is 23.8. The zero-order valence-electron chi connectivity index (χ0n) is 18.2. The van der Waals surface area contributed by atoms with Gasteiger partial charge < -0.3 is 0 Å². The normalized spacial score (nSPS) is 16.1. The van der Waals surface area contributed by atoms with Gasteiger partial charge in [-0.05, 0) is 33.4 Å². The van der Waals surface area contributed by atoms with Crippen molar-refractivity contribution in [2.24, 2.45) is 0 Å². The molecule has 0 heterocycles. The molecule has 0 atom stereocenters. The summed E-state index contributed by atoms with van der Waals surface area (Å²) in [6.45, 7) is 0. The maximum Gasteiger partial charge on any atom is 0.346 e. The predicted octanol–water partition coefficient (Wildman–Crippen LogP) is 4.12. The molecule has 6 rings (SSSR count). The number of benzene rings is 3. The molecule has 3 aromatic carbocycles. The van der Waals surface area contributed by atoms with Crippen LogP contribution in [0.1, 0.15) is 45.2 Å². The summed E-state index contributed by atoms with van der Waals surface area (Å²) in [6.07, 6.45) is 0. The minimum absolute atomic E-state index is 0.0404. The molecule has 3 aliphatic rings. The van der Waals surface area contributed by atoms with E-state index in [0.717, 1.165) is 36.4 Å². The Morgan fingerprint density at radius 1 is 0.342 bits per heavy atom. The summed E-state index contributed by atoms with van der Waals surface area (Å²) in [7, 11) is 0. The fraction of sp³-hybridized carbons (Fsp3) is 0.100. The molecule has 0 N–H and O–H groups in total. The van der Waals surface area contributed by atoms with Crippen LogP contribution in [0.4, 0.5) is 34.1 Å². The van der Waals surface area contributed by atoms with Gasteiger partial charge in [-0.25, -0.2) is 0 Å². The van der Waals surface area contributed by atoms with Crippen LogP contribution in [-0.4, -0.2) is 29.5 Å². The van der Waals surface area contributed by atoms with Gasteiger partial charge in [0.25, 0.3) is 0 Å². The Kier molecular flexibility index (Phi) is 4.87. The summed E-state index contributed by atoms with van der Waals surface area (Å²) in [5, 5.41) is 69.6. The molecular formula is C20H8N6O12. The number of nitro groups is 6. The van der Waals surface area contributed by atoms with Gasteiger partial charge in [0.2, 0.25) is 0 Å². The molecule has 0 saturated heterocycles. The molecule has 18 heteroatoms. The fourth-order valence-corrected chi connectivity index (χ4v) is 5.21. The minimum Gasteiger partial charge on any atom is -0.258 e. The van der Waals surface area contributed by atoms with Crippen LogP contribution in [-0.2, 0) is 0 Å². The molecule has 0 aliphatic heterocycles. The van der Waals surface area contributed by atoms with Gasteiger partial charge in [0, 0.05) is 48.2 Å². The Bertz CT molecular complexity index is 1400. The van der Waals surface area contributed by atoms with E-state index in [9.17, 15) is 60.7 Å². The maximum absolute atomic E-state index is 11.6. The van der Waals surface area contributed by atoms with Crippen LogP contribution >= 0.6 is 0 Å². The standard InChI is InChI=1S/C20H8N6O12/c27-21(28)13-1-7-8(2-14(13)22(29)30)20-11-5-17(25(35)36)15(23(31)32)3-9(11)19(7)10-4-16(24(33)34)18(26(37)38)6-12(10)20/h1-6,19-20H. The van der Waals surface area contributed by atoms with E-state index in [-0.39, 0.29) is 33.4 Å². The Hall–Kier alpha value is -5.94. The molecule has 0 aromatic heterocycles. The average molecular weight is 524 g/mol. The van der Waals surface area contributed by atoms with E-state index in [1.54, 1.807) is 0 Å². The molecular weight excluding hydrogens is 516 g/mol. The molecule has 3 aliphatic carbocycles. The largest absolute Gasteiger partial charge is 0.346 e. The SMILES string of the molecule is O=[N+]([O-])c1cc2c(cc1[N+](=O)[O-])C1c3cc([N+](=O)[O-])c([N+](=O)[O-])cc3C2c2cc([N+](=O)[O-])c([N+](=O)[O-])cc21.